The average Bonchev–Trinajstić information content (AvgIpc) is 2.47. The quantitative estimate of drug-likeness (QED) is 0.386. The SMILES string of the molecule is CCC[Si](C)(C)C(CC)(CC)O[Si]1(C)CCC1(CC)O[Si](C)(C)C. The van der Waals surface area contributed by atoms with E-state index in [1.165, 1.54) is 24.9 Å². The molecule has 0 aromatic carbocycles. The summed E-state index contributed by atoms with van der Waals surface area (Å²) in [5.41, 5.74) is 0. The topological polar surface area (TPSA) is 18.5 Å². The predicted octanol–water partition coefficient (Wildman–Crippen LogP) is 6.74. The van der Waals surface area contributed by atoms with E-state index in [0.29, 0.717) is 0 Å². The van der Waals surface area contributed by atoms with Gasteiger partial charge in [-0.25, -0.2) is 0 Å². The third-order valence-electron chi connectivity index (χ3n) is 6.71. The Labute approximate surface area is 155 Å². The molecule has 0 aromatic heterocycles. The lowest BCUT2D eigenvalue weighted by Crippen LogP contribution is -2.74. The lowest BCUT2D eigenvalue weighted by Gasteiger charge is -2.61. The Morgan fingerprint density at radius 2 is 1.54 bits per heavy atom. The molecule has 1 saturated heterocycles. The summed E-state index contributed by atoms with van der Waals surface area (Å²) in [6, 6.07) is 2.65. The second-order valence-electron chi connectivity index (χ2n) is 9.73. The Kier molecular flexibility index (Phi) is 7.22. The first-order valence-electron chi connectivity index (χ1n) is 10.3. The molecule has 1 aliphatic rings. The first kappa shape index (κ1) is 22.6. The van der Waals surface area contributed by atoms with Crippen molar-refractivity contribution in [2.45, 2.75) is 122 Å². The van der Waals surface area contributed by atoms with Gasteiger partial charge in [0.2, 0.25) is 8.32 Å². The highest BCUT2D eigenvalue weighted by Crippen LogP contribution is 2.52. The van der Waals surface area contributed by atoms with E-state index in [1.807, 2.05) is 0 Å². The minimum absolute atomic E-state index is 0.0732. The van der Waals surface area contributed by atoms with Crippen molar-refractivity contribution in [2.75, 3.05) is 0 Å². The van der Waals surface area contributed by atoms with Gasteiger partial charge in [0.1, 0.15) is 0 Å². The molecule has 2 atom stereocenters. The molecule has 5 heteroatoms. The van der Waals surface area contributed by atoms with Crippen molar-refractivity contribution in [2.24, 2.45) is 0 Å². The van der Waals surface area contributed by atoms with Gasteiger partial charge in [0.25, 0.3) is 0 Å². The smallest absolute Gasteiger partial charge is 0.220 e. The van der Waals surface area contributed by atoms with Gasteiger partial charge in [-0.3, -0.25) is 0 Å². The van der Waals surface area contributed by atoms with Crippen LogP contribution in [0.1, 0.15) is 59.8 Å². The third-order valence-corrected chi connectivity index (χ3v) is 17.8. The Hall–Kier alpha value is 0.571. The summed E-state index contributed by atoms with van der Waals surface area (Å²) < 4.78 is 14.2. The van der Waals surface area contributed by atoms with Crippen LogP contribution in [0.5, 0.6) is 0 Å². The second-order valence-corrected chi connectivity index (χ2v) is 23.4. The Morgan fingerprint density at radius 1 is 1.00 bits per heavy atom. The van der Waals surface area contributed by atoms with Gasteiger partial charge in [0.05, 0.1) is 13.3 Å². The molecule has 1 rings (SSSR count). The van der Waals surface area contributed by atoms with Crippen LogP contribution in [-0.4, -0.2) is 35.2 Å². The van der Waals surface area contributed by atoms with Crippen LogP contribution >= 0.6 is 0 Å². The van der Waals surface area contributed by atoms with Crippen LogP contribution < -0.4 is 0 Å². The first-order valence-corrected chi connectivity index (χ1v) is 19.5. The van der Waals surface area contributed by atoms with E-state index in [2.05, 4.69) is 67.0 Å². The Morgan fingerprint density at radius 3 is 1.83 bits per heavy atom. The molecule has 1 fully saturated rings. The Bertz CT molecular complexity index is 411. The van der Waals surface area contributed by atoms with Gasteiger partial charge in [-0.2, -0.15) is 0 Å². The van der Waals surface area contributed by atoms with Crippen LogP contribution in [0, 0.1) is 0 Å². The van der Waals surface area contributed by atoms with Crippen molar-refractivity contribution >= 4 is 24.7 Å². The fourth-order valence-electron chi connectivity index (χ4n) is 5.04. The molecule has 0 aromatic rings. The van der Waals surface area contributed by atoms with Crippen molar-refractivity contribution in [1.29, 1.82) is 0 Å². The van der Waals surface area contributed by atoms with Gasteiger partial charge in [0, 0.05) is 5.22 Å². The zero-order valence-electron chi connectivity index (χ0n) is 18.3. The van der Waals surface area contributed by atoms with Gasteiger partial charge < -0.3 is 8.85 Å². The van der Waals surface area contributed by atoms with Crippen molar-refractivity contribution in [3.63, 3.8) is 0 Å². The minimum Gasteiger partial charge on any atom is -0.412 e. The van der Waals surface area contributed by atoms with E-state index in [4.69, 9.17) is 8.85 Å². The van der Waals surface area contributed by atoms with Gasteiger partial charge in [-0.15, -0.1) is 0 Å². The summed E-state index contributed by atoms with van der Waals surface area (Å²) in [5, 5.41) is 0.206. The maximum Gasteiger partial charge on any atom is 0.220 e. The standard InChI is InChI=1S/C19H44O2Si3/c1-11-16-23(8,9)18(12-2,13-3)21-24(10)17-15-19(24,14-4)20-22(5,6)7/h11-17H2,1-10H3. The highest BCUT2D eigenvalue weighted by atomic mass is 28.4. The number of hydrogen-bond donors (Lipinski definition) is 0. The maximum atomic E-state index is 7.33. The minimum atomic E-state index is -1.86. The van der Waals surface area contributed by atoms with Gasteiger partial charge in [0.15, 0.2) is 8.32 Å². The van der Waals surface area contributed by atoms with Crippen molar-refractivity contribution in [3.05, 3.63) is 0 Å². The molecule has 24 heavy (non-hydrogen) atoms. The zero-order valence-corrected chi connectivity index (χ0v) is 21.3. The fraction of sp³-hybridized carbons (Fsp3) is 1.00. The average molecular weight is 389 g/mol. The summed E-state index contributed by atoms with van der Waals surface area (Å²) in [7, 11) is -4.86. The summed E-state index contributed by atoms with van der Waals surface area (Å²) in [6.07, 6.45) is 5.96. The third kappa shape index (κ3) is 4.11. The van der Waals surface area contributed by atoms with Crippen molar-refractivity contribution < 1.29 is 8.85 Å². The van der Waals surface area contributed by atoms with E-state index in [1.54, 1.807) is 0 Å². The van der Waals surface area contributed by atoms with Crippen molar-refractivity contribution in [1.82, 2.24) is 0 Å². The Balaban J connectivity index is 3.17. The summed E-state index contributed by atoms with van der Waals surface area (Å²) >= 11 is 0. The predicted molar refractivity (Wildman–Crippen MR) is 115 cm³/mol. The molecule has 0 amide bonds. The van der Waals surface area contributed by atoms with Gasteiger partial charge in [-0.05, 0) is 57.9 Å². The summed E-state index contributed by atoms with van der Waals surface area (Å²) in [5.74, 6) is 0. The van der Waals surface area contributed by atoms with Gasteiger partial charge in [-0.1, -0.05) is 53.3 Å². The van der Waals surface area contributed by atoms with Crippen LogP contribution in [0.25, 0.3) is 0 Å². The fourth-order valence-corrected chi connectivity index (χ4v) is 17.3. The molecule has 2 nitrogen and oxygen atoms in total. The molecule has 0 spiro atoms. The zero-order chi connectivity index (χ0) is 18.9. The molecule has 2 unspecified atom stereocenters. The molecular formula is C19H44O2Si3. The lowest BCUT2D eigenvalue weighted by molar-refractivity contribution is 0.0244. The summed E-state index contributed by atoms with van der Waals surface area (Å²) in [6.45, 7) is 24.0. The second kappa shape index (κ2) is 7.67. The van der Waals surface area contributed by atoms with Crippen LogP contribution in [0.4, 0.5) is 0 Å². The van der Waals surface area contributed by atoms with Crippen LogP contribution in [0.2, 0.25) is 51.4 Å². The van der Waals surface area contributed by atoms with Crippen molar-refractivity contribution in [3.8, 4) is 0 Å². The molecule has 0 N–H and O–H groups in total. The molecule has 1 heterocycles. The number of hydrogen-bond acceptors (Lipinski definition) is 2. The molecule has 144 valence electrons. The van der Waals surface area contributed by atoms with Crippen LogP contribution in [0.15, 0.2) is 0 Å². The number of rotatable bonds is 10. The normalized spacial score (nSPS) is 28.8. The largest absolute Gasteiger partial charge is 0.412 e. The molecule has 0 bridgehead atoms. The first-order chi connectivity index (χ1) is 10.9. The van der Waals surface area contributed by atoms with Crippen LogP contribution in [0.3, 0.4) is 0 Å². The van der Waals surface area contributed by atoms with E-state index in [-0.39, 0.29) is 10.4 Å². The maximum absolute atomic E-state index is 7.33. The molecule has 0 radical (unpaired) electrons. The monoisotopic (exact) mass is 388 g/mol. The highest BCUT2D eigenvalue weighted by molar-refractivity contribution is 6.84. The molecule has 1 aliphatic heterocycles. The van der Waals surface area contributed by atoms with Crippen LogP contribution in [-0.2, 0) is 8.85 Å². The van der Waals surface area contributed by atoms with E-state index in [9.17, 15) is 0 Å². The molecule has 0 aliphatic carbocycles. The summed E-state index contributed by atoms with van der Waals surface area (Å²) in [4.78, 5) is 0. The lowest BCUT2D eigenvalue weighted by atomic mass is 10.2. The van der Waals surface area contributed by atoms with E-state index < -0.39 is 24.7 Å². The van der Waals surface area contributed by atoms with Gasteiger partial charge >= 0.3 is 0 Å². The molecule has 0 saturated carbocycles. The highest BCUT2D eigenvalue weighted by Gasteiger charge is 2.64. The van der Waals surface area contributed by atoms with E-state index >= 15 is 0 Å². The molecular weight excluding hydrogens is 344 g/mol. The van der Waals surface area contributed by atoms with E-state index in [0.717, 1.165) is 19.3 Å².